The molecule has 0 aliphatic carbocycles. The van der Waals surface area contributed by atoms with E-state index in [2.05, 4.69) is 11.5 Å². The lowest BCUT2D eigenvalue weighted by atomic mass is 10.3. The van der Waals surface area contributed by atoms with E-state index in [1.165, 1.54) is 0 Å². The highest BCUT2D eigenvalue weighted by molar-refractivity contribution is 6.84. The molecule has 2 aromatic rings. The molecule has 17 heteroatoms. The molecule has 14 nitrogen and oxygen atoms in total. The summed E-state index contributed by atoms with van der Waals surface area (Å²) in [4.78, 5) is 38.8. The molecule has 0 aliphatic rings. The van der Waals surface area contributed by atoms with Crippen molar-refractivity contribution in [2.24, 2.45) is 11.5 Å². The Kier molecular flexibility index (Phi) is 15.7. The Balaban J connectivity index is 0.000000903. The Hall–Kier alpha value is -4.43. The minimum atomic E-state index is -2.50. The van der Waals surface area contributed by atoms with Crippen LogP contribution in [-0.2, 0) is 27.4 Å². The number of carboxylic acid groups (broad SMARTS) is 2. The number of hydrogen-bond donors (Lipinski definition) is 6. The van der Waals surface area contributed by atoms with Gasteiger partial charge in [0.1, 0.15) is 11.5 Å². The van der Waals surface area contributed by atoms with E-state index < -0.39 is 49.4 Å². The van der Waals surface area contributed by atoms with Crippen molar-refractivity contribution >= 4 is 60.8 Å². The molecule has 2 rings (SSSR count). The lowest BCUT2D eigenvalue weighted by Gasteiger charge is -2.37. The van der Waals surface area contributed by atoms with E-state index in [0.717, 1.165) is 12.2 Å². The number of aliphatic carboxylic acids is 2. The molecule has 0 aliphatic heterocycles. The first-order valence-electron chi connectivity index (χ1n) is 12.5. The third-order valence-electron chi connectivity index (χ3n) is 4.21. The number of primary amides is 2. The first kappa shape index (κ1) is 38.6. The molecule has 0 radical (unpaired) electrons. The molecule has 0 aromatic heterocycles. The molecule has 0 atom stereocenters. The van der Waals surface area contributed by atoms with Gasteiger partial charge < -0.3 is 50.2 Å². The van der Waals surface area contributed by atoms with Crippen molar-refractivity contribution in [2.45, 2.75) is 39.3 Å². The van der Waals surface area contributed by atoms with Gasteiger partial charge in [-0.1, -0.05) is 12.1 Å². The van der Waals surface area contributed by atoms with E-state index in [-0.39, 0.29) is 0 Å². The van der Waals surface area contributed by atoms with Crippen LogP contribution in [-0.4, -0.2) is 59.6 Å². The zero-order chi connectivity index (χ0) is 33.4. The summed E-state index contributed by atoms with van der Waals surface area (Å²) >= 11 is 0. The maximum atomic E-state index is 9.78. The van der Waals surface area contributed by atoms with Gasteiger partial charge in [-0.15, -0.1) is 0 Å². The van der Waals surface area contributed by atoms with E-state index >= 15 is 0 Å². The monoisotopic (exact) mass is 652 g/mol. The average Bonchev–Trinajstić information content (AvgIpc) is 2.80. The molecule has 0 spiro atoms. The number of amides is 2. The fraction of sp³-hybridized carbons (Fsp3) is 0.231. The molecule has 0 heterocycles. The van der Waals surface area contributed by atoms with E-state index in [9.17, 15) is 19.2 Å². The number of anilines is 2. The van der Waals surface area contributed by atoms with E-state index in [0.29, 0.717) is 35.0 Å². The number of benzene rings is 2. The van der Waals surface area contributed by atoms with Crippen molar-refractivity contribution in [1.29, 1.82) is 0 Å². The number of carbonyl (C=O) groups is 4. The molecule has 2 aromatic carbocycles. The van der Waals surface area contributed by atoms with Gasteiger partial charge in [-0.25, -0.2) is 9.59 Å². The van der Waals surface area contributed by atoms with Gasteiger partial charge >= 0.3 is 37.6 Å². The lowest BCUT2D eigenvalue weighted by molar-refractivity contribution is -0.132. The van der Waals surface area contributed by atoms with Crippen molar-refractivity contribution < 1.29 is 46.5 Å². The Morgan fingerprint density at radius 3 is 1.16 bits per heavy atom. The highest BCUT2D eigenvalue weighted by atomic mass is 28.5. The predicted molar refractivity (Wildman–Crippen MR) is 170 cm³/mol. The largest absolute Gasteiger partial charge is 0.521 e. The Morgan fingerprint density at radius 1 is 0.605 bits per heavy atom. The van der Waals surface area contributed by atoms with Crippen LogP contribution in [0.5, 0.6) is 11.5 Å². The second kappa shape index (κ2) is 17.5. The van der Waals surface area contributed by atoms with E-state index in [1.807, 2.05) is 75.7 Å². The molecule has 0 saturated carbocycles. The van der Waals surface area contributed by atoms with Gasteiger partial charge in [-0.05, 0) is 63.5 Å². The predicted octanol–water partition coefficient (Wildman–Crippen LogP) is 2.67. The zero-order valence-corrected chi connectivity index (χ0v) is 27.9. The average molecular weight is 653 g/mol. The van der Waals surface area contributed by atoms with Gasteiger partial charge in [0, 0.05) is 47.8 Å². The molecule has 0 unspecified atom stereocenters. The minimum Gasteiger partial charge on any atom is -0.521 e. The Labute approximate surface area is 253 Å². The van der Waals surface area contributed by atoms with Gasteiger partial charge in [0.25, 0.3) is 0 Å². The number of rotatable bonds is 12. The van der Waals surface area contributed by atoms with Crippen LogP contribution in [0.25, 0.3) is 0 Å². The van der Waals surface area contributed by atoms with Gasteiger partial charge in [0.15, 0.2) is 0 Å². The maximum absolute atomic E-state index is 9.78. The Bertz CT molecular complexity index is 1190. The van der Waals surface area contributed by atoms with Crippen LogP contribution in [0.15, 0.2) is 72.8 Å². The Morgan fingerprint density at radius 2 is 0.930 bits per heavy atom. The number of nitrogen functional groups attached to an aromatic ring is 2. The van der Waals surface area contributed by atoms with Gasteiger partial charge in [-0.2, -0.15) is 0 Å². The fourth-order valence-corrected chi connectivity index (χ4v) is 15.0. The summed E-state index contributed by atoms with van der Waals surface area (Å²) in [6.45, 7) is 12.0. The molecule has 0 saturated heterocycles. The molecule has 10 N–H and O–H groups in total. The second-order valence-electron chi connectivity index (χ2n) is 9.90. The minimum absolute atomic E-state index is 0.661. The van der Waals surface area contributed by atoms with Crippen LogP contribution in [0.4, 0.5) is 11.4 Å². The normalized spacial score (nSPS) is 11.5. The summed E-state index contributed by atoms with van der Waals surface area (Å²) in [5.41, 5.74) is 22.1. The molecular formula is C26H40N4O10Si3. The van der Waals surface area contributed by atoms with Crippen LogP contribution in [0.2, 0.25) is 39.3 Å². The van der Waals surface area contributed by atoms with Crippen LogP contribution in [0.3, 0.4) is 0 Å². The number of nitrogens with two attached hydrogens (primary N) is 4. The van der Waals surface area contributed by atoms with E-state index in [1.54, 1.807) is 12.1 Å². The summed E-state index contributed by atoms with van der Waals surface area (Å²) in [6, 6.07) is 14.7. The molecule has 43 heavy (non-hydrogen) atoms. The van der Waals surface area contributed by atoms with Crippen molar-refractivity contribution in [3.8, 4) is 11.5 Å². The second-order valence-corrected chi connectivity index (χ2v) is 20.3. The first-order chi connectivity index (χ1) is 19.6. The highest BCUT2D eigenvalue weighted by Gasteiger charge is 2.43. The molecule has 2 amide bonds. The fourth-order valence-electron chi connectivity index (χ4n) is 3.28. The molecule has 236 valence electrons. The quantitative estimate of drug-likeness (QED) is 0.110. The third-order valence-corrected chi connectivity index (χ3v) is 13.5. The van der Waals surface area contributed by atoms with Gasteiger partial charge in [0.05, 0.1) is 0 Å². The summed E-state index contributed by atoms with van der Waals surface area (Å²) < 4.78 is 25.0. The highest BCUT2D eigenvalue weighted by Crippen LogP contribution is 2.26. The van der Waals surface area contributed by atoms with Crippen LogP contribution < -0.4 is 31.8 Å². The smallest absolute Gasteiger partial charge is 0.383 e. The zero-order valence-electron chi connectivity index (χ0n) is 24.9. The lowest BCUT2D eigenvalue weighted by Crippen LogP contribution is -2.56. The van der Waals surface area contributed by atoms with Crippen molar-refractivity contribution in [1.82, 2.24) is 0 Å². The van der Waals surface area contributed by atoms with Gasteiger partial charge in [0.2, 0.25) is 11.8 Å². The van der Waals surface area contributed by atoms with Crippen molar-refractivity contribution in [3.05, 3.63) is 72.8 Å². The first-order valence-corrected chi connectivity index (χ1v) is 21.0. The van der Waals surface area contributed by atoms with Crippen LogP contribution in [0.1, 0.15) is 0 Å². The standard InChI is InChI=1S/C18H30N2O4Si3.2C4H5NO3/c1-25(2,21-17-11-7-9-15(19)13-17)23-27(5,6)24-26(3,4)22-18-12-8-10-16(20)14-18;2*5-3(6)1-2-4(7)8/h7-14H,19-20H2,1-6H3;2*1-2H,(H2,5,6)(H,7,8). The SMILES string of the molecule is C[Si](C)(Oc1cccc(N)c1)O[Si](C)(C)O[Si](C)(C)Oc1cccc(N)c1.NC(=O)C=CC(=O)O.NC(=O)C=CC(=O)O. The molecule has 0 bridgehead atoms. The summed E-state index contributed by atoms with van der Waals surface area (Å²) in [5, 5.41) is 15.7. The summed E-state index contributed by atoms with van der Waals surface area (Å²) in [6.07, 6.45) is 2.93. The topological polar surface area (TPSA) is 250 Å². The third kappa shape index (κ3) is 21.0. The number of hydrogen-bond acceptors (Lipinski definition) is 10. The van der Waals surface area contributed by atoms with E-state index in [4.69, 9.17) is 38.8 Å². The maximum Gasteiger partial charge on any atom is 0.383 e. The number of carboxylic acids is 2. The van der Waals surface area contributed by atoms with Gasteiger partial charge in [-0.3, -0.25) is 9.59 Å². The molecule has 0 fully saturated rings. The summed E-state index contributed by atoms with van der Waals surface area (Å²) in [5.74, 6) is -2.44. The van der Waals surface area contributed by atoms with Crippen molar-refractivity contribution in [3.63, 3.8) is 0 Å². The molecular weight excluding hydrogens is 613 g/mol. The number of carbonyl (C=O) groups excluding carboxylic acids is 2. The van der Waals surface area contributed by atoms with Crippen LogP contribution >= 0.6 is 0 Å². The van der Waals surface area contributed by atoms with Crippen LogP contribution in [0, 0.1) is 0 Å². The summed E-state index contributed by atoms with van der Waals surface area (Å²) in [7, 11) is -7.45. The van der Waals surface area contributed by atoms with Crippen molar-refractivity contribution in [2.75, 3.05) is 11.5 Å².